The van der Waals surface area contributed by atoms with Crippen molar-refractivity contribution in [2.24, 2.45) is 0 Å². The van der Waals surface area contributed by atoms with Gasteiger partial charge in [0.25, 0.3) is 0 Å². The number of fused-ring (bicyclic) bond motifs is 8. The molecule has 0 atom stereocenters. The molecule has 0 fully saturated rings. The number of H-pyrrole nitrogens is 2. The highest BCUT2D eigenvalue weighted by atomic mass is 16.5. The van der Waals surface area contributed by atoms with Gasteiger partial charge in [0, 0.05) is 47.3 Å². The van der Waals surface area contributed by atoms with Gasteiger partial charge in [0.15, 0.2) is 0 Å². The summed E-state index contributed by atoms with van der Waals surface area (Å²) in [4.78, 5) is 58.0. The molecule has 9 rings (SSSR count). The third kappa shape index (κ3) is 8.91. The van der Waals surface area contributed by atoms with E-state index in [0.29, 0.717) is 26.1 Å². The van der Waals surface area contributed by atoms with Crippen LogP contribution in [0.4, 0.5) is 0 Å². The molecular formula is C57H55N7O4. The maximum atomic E-state index is 12.7. The van der Waals surface area contributed by atoms with Crippen LogP contribution in [-0.2, 0) is 25.5 Å². The van der Waals surface area contributed by atoms with Crippen LogP contribution in [0.5, 0.6) is 0 Å². The number of hydrogen-bond acceptors (Lipinski definition) is 9. The summed E-state index contributed by atoms with van der Waals surface area (Å²) in [5, 5.41) is 0. The molecule has 342 valence electrons. The van der Waals surface area contributed by atoms with Crippen molar-refractivity contribution in [1.29, 1.82) is 0 Å². The molecule has 0 radical (unpaired) electrons. The summed E-state index contributed by atoms with van der Waals surface area (Å²) >= 11 is 0. The van der Waals surface area contributed by atoms with E-state index in [1.807, 2.05) is 50.2 Å². The van der Waals surface area contributed by atoms with Crippen molar-refractivity contribution in [2.75, 3.05) is 13.2 Å². The van der Waals surface area contributed by atoms with Crippen LogP contribution in [0.15, 0.2) is 103 Å². The summed E-state index contributed by atoms with van der Waals surface area (Å²) in [5.41, 5.74) is 22.4. The van der Waals surface area contributed by atoms with Crippen LogP contribution in [-0.4, -0.2) is 60.0 Å². The average molecular weight is 902 g/mol. The molecule has 8 bridgehead atoms. The molecule has 1 aromatic carbocycles. The summed E-state index contributed by atoms with van der Waals surface area (Å²) in [5.74, 6) is -0.499. The second-order valence-electron chi connectivity index (χ2n) is 17.4. The highest BCUT2D eigenvalue weighted by molar-refractivity contribution is 6.01. The summed E-state index contributed by atoms with van der Waals surface area (Å²) in [6, 6.07) is 30.8. The standard InChI is InChI=1S/C57H55N7O4/c1-9-67-53(65)23-21-41-36(7)47-29-45-32(3)34(5)56(63-45)55(39-19-17-38(18-20-39)40-27-51(43-15-11-13-25-58-43)62-52(28-40)44-16-12-14-26-59-44)57-35(6)33(4)46(64-57)30-48-37(8)42(22-24-54(66)68-10-2)50(61-48)31-49(41)60-47/h11-20,25-31,60,64H,9-10,21-24H2,1-8H3. The van der Waals surface area contributed by atoms with Gasteiger partial charge in [-0.2, -0.15) is 0 Å². The first-order valence-electron chi connectivity index (χ1n) is 23.3. The van der Waals surface area contributed by atoms with E-state index in [9.17, 15) is 9.59 Å². The second-order valence-corrected chi connectivity index (χ2v) is 17.4. The Bertz CT molecular complexity index is 3290. The Labute approximate surface area is 396 Å². The number of ether oxygens (including phenoxy) is 2. The molecular weight excluding hydrogens is 847 g/mol. The first-order chi connectivity index (χ1) is 32.9. The minimum absolute atomic E-state index is 0.225. The summed E-state index contributed by atoms with van der Waals surface area (Å²) < 4.78 is 10.7. The minimum atomic E-state index is -0.251. The minimum Gasteiger partial charge on any atom is -0.466 e. The number of benzene rings is 1. The Balaban J connectivity index is 1.27. The van der Waals surface area contributed by atoms with Crippen LogP contribution >= 0.6 is 0 Å². The number of carbonyl (C=O) groups is 2. The second kappa shape index (κ2) is 19.2. The Morgan fingerprint density at radius 3 is 1.66 bits per heavy atom. The summed E-state index contributed by atoms with van der Waals surface area (Å²) in [6.45, 7) is 17.0. The molecule has 11 heteroatoms. The van der Waals surface area contributed by atoms with Gasteiger partial charge >= 0.3 is 11.9 Å². The Morgan fingerprint density at radius 1 is 0.500 bits per heavy atom. The number of carbonyl (C=O) groups excluding carboxylic acids is 2. The molecule has 0 unspecified atom stereocenters. The molecule has 11 nitrogen and oxygen atoms in total. The molecule has 0 aliphatic carbocycles. The van der Waals surface area contributed by atoms with Crippen LogP contribution in [0.25, 0.3) is 89.4 Å². The molecule has 0 saturated heterocycles. The molecule has 2 aliphatic heterocycles. The molecule has 0 saturated carbocycles. The lowest BCUT2D eigenvalue weighted by Gasteiger charge is -2.11. The van der Waals surface area contributed by atoms with Gasteiger partial charge in [0.05, 0.1) is 64.3 Å². The number of aromatic amines is 2. The first kappa shape index (κ1) is 45.4. The smallest absolute Gasteiger partial charge is 0.306 e. The van der Waals surface area contributed by atoms with Gasteiger partial charge in [0.1, 0.15) is 0 Å². The predicted octanol–water partition coefficient (Wildman–Crippen LogP) is 12.8. The lowest BCUT2D eigenvalue weighted by molar-refractivity contribution is -0.143. The van der Waals surface area contributed by atoms with Gasteiger partial charge in [-0.05, 0) is 184 Å². The van der Waals surface area contributed by atoms with E-state index in [0.717, 1.165) is 134 Å². The fraction of sp³-hybridized carbons (Fsp3) is 0.246. The monoisotopic (exact) mass is 901 g/mol. The van der Waals surface area contributed by atoms with Crippen molar-refractivity contribution in [3.8, 4) is 45.0 Å². The van der Waals surface area contributed by atoms with E-state index < -0.39 is 0 Å². The van der Waals surface area contributed by atoms with E-state index in [1.54, 1.807) is 12.4 Å². The predicted molar refractivity (Wildman–Crippen MR) is 272 cm³/mol. The highest BCUT2D eigenvalue weighted by Gasteiger charge is 2.24. The summed E-state index contributed by atoms with van der Waals surface area (Å²) in [7, 11) is 0. The van der Waals surface area contributed by atoms with Gasteiger partial charge in [-0.1, -0.05) is 36.4 Å². The first-order valence-corrected chi connectivity index (χ1v) is 23.3. The fourth-order valence-electron chi connectivity index (χ4n) is 9.17. The Hall–Kier alpha value is -7.79. The van der Waals surface area contributed by atoms with Crippen molar-refractivity contribution in [3.05, 3.63) is 148 Å². The maximum absolute atomic E-state index is 12.7. The number of allylic oxidation sites excluding steroid dienone is 4. The van der Waals surface area contributed by atoms with E-state index in [-0.39, 0.29) is 24.8 Å². The van der Waals surface area contributed by atoms with E-state index in [2.05, 4.69) is 116 Å². The molecule has 2 N–H and O–H groups in total. The van der Waals surface area contributed by atoms with Crippen LogP contribution in [0.1, 0.15) is 98.9 Å². The topological polar surface area (TPSA) is 149 Å². The normalized spacial score (nSPS) is 12.5. The van der Waals surface area contributed by atoms with Crippen LogP contribution in [0.3, 0.4) is 0 Å². The number of nitrogens with one attached hydrogen (secondary N) is 2. The number of aryl methyl sites for hydroxylation is 4. The number of pyridine rings is 3. The number of esters is 2. The zero-order chi connectivity index (χ0) is 47.6. The molecule has 7 aromatic rings. The lowest BCUT2D eigenvalue weighted by atomic mass is 9.95. The molecule has 2 aliphatic rings. The van der Waals surface area contributed by atoms with Crippen LogP contribution in [0, 0.1) is 20.8 Å². The van der Waals surface area contributed by atoms with E-state index in [1.165, 1.54) is 0 Å². The number of aromatic nitrogens is 7. The van der Waals surface area contributed by atoms with Crippen molar-refractivity contribution in [3.63, 3.8) is 0 Å². The maximum Gasteiger partial charge on any atom is 0.306 e. The van der Waals surface area contributed by atoms with Crippen molar-refractivity contribution < 1.29 is 19.1 Å². The largest absolute Gasteiger partial charge is 0.466 e. The lowest BCUT2D eigenvalue weighted by Crippen LogP contribution is -2.05. The zero-order valence-electron chi connectivity index (χ0n) is 39.9. The SMILES string of the molecule is CCOC(=O)CCC1=C(C)c2cc3[nH]c(c(C)c3C)c(-c3ccc(-c4cc(-c5ccccn5)nc(-c5ccccn5)c4)cc3)c3nc(cc4[nH]c(cc1n2)c(CCC(=O)OCC)c4C)C(C)=C3C. The zero-order valence-corrected chi connectivity index (χ0v) is 39.9. The molecule has 68 heavy (non-hydrogen) atoms. The van der Waals surface area contributed by atoms with Gasteiger partial charge in [-0.15, -0.1) is 0 Å². The van der Waals surface area contributed by atoms with Crippen LogP contribution in [0.2, 0.25) is 0 Å². The summed E-state index contributed by atoms with van der Waals surface area (Å²) in [6.07, 6.45) is 4.96. The van der Waals surface area contributed by atoms with Gasteiger partial charge in [0.2, 0.25) is 0 Å². The third-order valence-electron chi connectivity index (χ3n) is 13.3. The Kier molecular flexibility index (Phi) is 12.8. The van der Waals surface area contributed by atoms with Crippen LogP contribution < -0.4 is 0 Å². The number of nitrogens with zero attached hydrogens (tertiary/aromatic N) is 5. The van der Waals surface area contributed by atoms with Crippen molar-refractivity contribution in [1.82, 2.24) is 34.9 Å². The van der Waals surface area contributed by atoms with E-state index >= 15 is 0 Å². The van der Waals surface area contributed by atoms with Gasteiger partial charge < -0.3 is 19.4 Å². The fourth-order valence-corrected chi connectivity index (χ4v) is 9.17. The highest BCUT2D eigenvalue weighted by Crippen LogP contribution is 2.41. The molecule has 0 spiro atoms. The van der Waals surface area contributed by atoms with Gasteiger partial charge in [-0.25, -0.2) is 15.0 Å². The number of rotatable bonds is 12. The van der Waals surface area contributed by atoms with Crippen molar-refractivity contribution >= 4 is 56.3 Å². The van der Waals surface area contributed by atoms with Crippen molar-refractivity contribution in [2.45, 2.75) is 81.1 Å². The quantitative estimate of drug-likeness (QED) is 0.114. The Morgan fingerprint density at radius 2 is 1.06 bits per heavy atom. The molecule has 0 amide bonds. The number of hydrogen-bond donors (Lipinski definition) is 2. The van der Waals surface area contributed by atoms with Gasteiger partial charge in [-0.3, -0.25) is 19.6 Å². The molecule has 8 heterocycles. The average Bonchev–Trinajstić information content (AvgIpc) is 4.00. The molecule has 6 aromatic heterocycles. The van der Waals surface area contributed by atoms with E-state index in [4.69, 9.17) is 24.4 Å². The third-order valence-corrected chi connectivity index (χ3v) is 13.3.